The maximum atomic E-state index is 12.7. The van der Waals surface area contributed by atoms with Gasteiger partial charge in [0.2, 0.25) is 10.0 Å². The van der Waals surface area contributed by atoms with Gasteiger partial charge in [0.1, 0.15) is 0 Å². The van der Waals surface area contributed by atoms with Gasteiger partial charge in [-0.1, -0.05) is 22.0 Å². The van der Waals surface area contributed by atoms with Gasteiger partial charge >= 0.3 is 5.97 Å². The van der Waals surface area contributed by atoms with Crippen LogP contribution in [0.1, 0.15) is 5.56 Å². The number of ether oxygens (including phenoxy) is 2. The molecule has 0 aliphatic carbocycles. The zero-order valence-corrected chi connectivity index (χ0v) is 14.1. The van der Waals surface area contributed by atoms with Crippen molar-refractivity contribution in [2.45, 2.75) is 17.9 Å². The number of carbonyl (C=O) groups excluding carboxylic acids is 1. The third kappa shape index (κ3) is 3.45. The lowest BCUT2D eigenvalue weighted by Gasteiger charge is -2.31. The summed E-state index contributed by atoms with van der Waals surface area (Å²) in [7, 11) is -2.43. The molecule has 1 aliphatic heterocycles. The van der Waals surface area contributed by atoms with Gasteiger partial charge in [-0.25, -0.2) is 13.2 Å². The van der Waals surface area contributed by atoms with Gasteiger partial charge in [-0.15, -0.1) is 0 Å². The molecule has 1 heterocycles. The van der Waals surface area contributed by atoms with Crippen molar-refractivity contribution >= 4 is 31.9 Å². The summed E-state index contributed by atoms with van der Waals surface area (Å²) in [5.74, 6) is -0.569. The summed E-state index contributed by atoms with van der Waals surface area (Å²) in [6.07, 6.45) is -0.883. The van der Waals surface area contributed by atoms with Crippen molar-refractivity contribution in [3.05, 3.63) is 28.2 Å². The average Bonchev–Trinajstić information content (AvgIpc) is 2.49. The van der Waals surface area contributed by atoms with Crippen molar-refractivity contribution in [2.24, 2.45) is 0 Å². The SMILES string of the molecule is COC(=O)C1CN(S(=O)(=O)c2cc(Br)ccc2C)CCO1. The summed E-state index contributed by atoms with van der Waals surface area (Å²) in [6.45, 7) is 2.06. The maximum Gasteiger partial charge on any atom is 0.336 e. The van der Waals surface area contributed by atoms with E-state index in [4.69, 9.17) is 4.74 Å². The molecule has 1 aromatic rings. The summed E-state index contributed by atoms with van der Waals surface area (Å²) in [5.41, 5.74) is 0.652. The van der Waals surface area contributed by atoms with Crippen LogP contribution in [0.4, 0.5) is 0 Å². The Labute approximate surface area is 132 Å². The molecule has 0 aromatic heterocycles. The monoisotopic (exact) mass is 377 g/mol. The van der Waals surface area contributed by atoms with Crippen molar-refractivity contribution in [2.75, 3.05) is 26.8 Å². The van der Waals surface area contributed by atoms with Crippen LogP contribution in [0.15, 0.2) is 27.6 Å². The van der Waals surface area contributed by atoms with Crippen LogP contribution in [0.2, 0.25) is 0 Å². The number of hydrogen-bond acceptors (Lipinski definition) is 5. The number of hydrogen-bond donors (Lipinski definition) is 0. The van der Waals surface area contributed by atoms with E-state index < -0.39 is 22.1 Å². The van der Waals surface area contributed by atoms with E-state index in [0.717, 1.165) is 0 Å². The first kappa shape index (κ1) is 16.4. The number of benzene rings is 1. The molecule has 1 saturated heterocycles. The number of sulfonamides is 1. The fourth-order valence-electron chi connectivity index (χ4n) is 2.11. The highest BCUT2D eigenvalue weighted by Crippen LogP contribution is 2.25. The Hall–Kier alpha value is -0.960. The molecule has 116 valence electrons. The topological polar surface area (TPSA) is 72.9 Å². The van der Waals surface area contributed by atoms with E-state index in [0.29, 0.717) is 10.0 Å². The van der Waals surface area contributed by atoms with Gasteiger partial charge < -0.3 is 9.47 Å². The highest BCUT2D eigenvalue weighted by atomic mass is 79.9. The lowest BCUT2D eigenvalue weighted by Crippen LogP contribution is -2.48. The fourth-order valence-corrected chi connectivity index (χ4v) is 4.30. The first-order valence-electron chi connectivity index (χ1n) is 6.32. The normalized spacial score (nSPS) is 20.2. The summed E-state index contributed by atoms with van der Waals surface area (Å²) < 4.78 is 37.2. The van der Waals surface area contributed by atoms with Crippen LogP contribution in [0, 0.1) is 6.92 Å². The third-order valence-corrected chi connectivity index (χ3v) is 5.76. The lowest BCUT2D eigenvalue weighted by molar-refractivity contribution is -0.157. The standard InChI is InChI=1S/C13H16BrNO5S/c1-9-3-4-10(14)7-12(9)21(17,18)15-5-6-20-11(8-15)13(16)19-2/h3-4,7,11H,5-6,8H2,1-2H3. The minimum atomic E-state index is -3.67. The second-order valence-electron chi connectivity index (χ2n) is 4.66. The van der Waals surface area contributed by atoms with Crippen LogP contribution in [0.25, 0.3) is 0 Å². The van der Waals surface area contributed by atoms with E-state index in [1.807, 2.05) is 0 Å². The molecule has 1 unspecified atom stereocenters. The molecule has 6 nitrogen and oxygen atoms in total. The van der Waals surface area contributed by atoms with Crippen LogP contribution in [-0.2, 0) is 24.3 Å². The molecule has 1 aromatic carbocycles. The van der Waals surface area contributed by atoms with E-state index in [1.54, 1.807) is 25.1 Å². The van der Waals surface area contributed by atoms with E-state index in [9.17, 15) is 13.2 Å². The van der Waals surface area contributed by atoms with Crippen LogP contribution < -0.4 is 0 Å². The largest absolute Gasteiger partial charge is 0.467 e. The molecule has 0 spiro atoms. The molecule has 1 fully saturated rings. The Morgan fingerprint density at radius 3 is 2.86 bits per heavy atom. The second-order valence-corrected chi connectivity index (χ2v) is 7.48. The third-order valence-electron chi connectivity index (χ3n) is 3.26. The smallest absolute Gasteiger partial charge is 0.336 e. The van der Waals surface area contributed by atoms with E-state index in [2.05, 4.69) is 20.7 Å². The summed E-state index contributed by atoms with van der Waals surface area (Å²) in [6, 6.07) is 5.08. The van der Waals surface area contributed by atoms with Crippen LogP contribution in [0.3, 0.4) is 0 Å². The molecule has 0 bridgehead atoms. The molecule has 0 saturated carbocycles. The first-order chi connectivity index (χ1) is 9.86. The van der Waals surface area contributed by atoms with E-state index >= 15 is 0 Å². The summed E-state index contributed by atoms with van der Waals surface area (Å²) in [5, 5.41) is 0. The molecule has 0 N–H and O–H groups in total. The summed E-state index contributed by atoms with van der Waals surface area (Å²) >= 11 is 3.28. The highest BCUT2D eigenvalue weighted by molar-refractivity contribution is 9.10. The quantitative estimate of drug-likeness (QED) is 0.742. The van der Waals surface area contributed by atoms with Gasteiger partial charge in [0.15, 0.2) is 6.10 Å². The van der Waals surface area contributed by atoms with E-state index in [1.165, 1.54) is 11.4 Å². The van der Waals surface area contributed by atoms with Gasteiger partial charge in [0.25, 0.3) is 0 Å². The molecular weight excluding hydrogens is 362 g/mol. The molecule has 0 radical (unpaired) electrons. The first-order valence-corrected chi connectivity index (χ1v) is 8.55. The Kier molecular flexibility index (Phi) is 5.03. The number of methoxy groups -OCH3 is 1. The van der Waals surface area contributed by atoms with E-state index in [-0.39, 0.29) is 24.6 Å². The molecule has 0 amide bonds. The minimum Gasteiger partial charge on any atom is -0.467 e. The van der Waals surface area contributed by atoms with Crippen LogP contribution in [-0.4, -0.2) is 51.6 Å². The van der Waals surface area contributed by atoms with Crippen molar-refractivity contribution in [1.82, 2.24) is 4.31 Å². The number of morpholine rings is 1. The highest BCUT2D eigenvalue weighted by Gasteiger charge is 2.35. The Balaban J connectivity index is 2.31. The van der Waals surface area contributed by atoms with Gasteiger partial charge in [0.05, 0.1) is 25.2 Å². The molecule has 2 rings (SSSR count). The molecule has 1 aliphatic rings. The zero-order valence-electron chi connectivity index (χ0n) is 11.7. The predicted molar refractivity (Wildman–Crippen MR) is 79.4 cm³/mol. The van der Waals surface area contributed by atoms with Crippen LogP contribution in [0.5, 0.6) is 0 Å². The molecule has 8 heteroatoms. The van der Waals surface area contributed by atoms with Crippen molar-refractivity contribution in [3.8, 4) is 0 Å². The number of halogens is 1. The predicted octanol–water partition coefficient (Wildman–Crippen LogP) is 1.32. The number of esters is 1. The minimum absolute atomic E-state index is 0.0407. The van der Waals surface area contributed by atoms with Gasteiger partial charge in [-0.3, -0.25) is 0 Å². The maximum absolute atomic E-state index is 12.7. The van der Waals surface area contributed by atoms with Crippen molar-refractivity contribution in [3.63, 3.8) is 0 Å². The molecule has 21 heavy (non-hydrogen) atoms. The van der Waals surface area contributed by atoms with Crippen molar-refractivity contribution < 1.29 is 22.7 Å². The Morgan fingerprint density at radius 2 is 2.19 bits per heavy atom. The fraction of sp³-hybridized carbons (Fsp3) is 0.462. The van der Waals surface area contributed by atoms with Gasteiger partial charge in [0, 0.05) is 11.0 Å². The summed E-state index contributed by atoms with van der Waals surface area (Å²) in [4.78, 5) is 11.7. The van der Waals surface area contributed by atoms with Gasteiger partial charge in [-0.05, 0) is 24.6 Å². The molecular formula is C13H16BrNO5S. The van der Waals surface area contributed by atoms with Crippen molar-refractivity contribution in [1.29, 1.82) is 0 Å². The number of rotatable bonds is 3. The zero-order chi connectivity index (χ0) is 15.6. The van der Waals surface area contributed by atoms with Gasteiger partial charge in [-0.2, -0.15) is 4.31 Å². The van der Waals surface area contributed by atoms with Crippen LogP contribution >= 0.6 is 15.9 Å². The average molecular weight is 378 g/mol. The Morgan fingerprint density at radius 1 is 1.48 bits per heavy atom. The number of aryl methyl sites for hydroxylation is 1. The molecule has 1 atom stereocenters. The lowest BCUT2D eigenvalue weighted by atomic mass is 10.2. The number of carbonyl (C=O) groups is 1. The second kappa shape index (κ2) is 6.43. The number of nitrogens with zero attached hydrogens (tertiary/aromatic N) is 1. The Bertz CT molecular complexity index is 646.